The number of likely N-dealkylation sites (tertiary alicyclic amines) is 1. The minimum atomic E-state index is 0.643. The van der Waals surface area contributed by atoms with Crippen molar-refractivity contribution >= 4 is 0 Å². The van der Waals surface area contributed by atoms with E-state index in [0.717, 1.165) is 19.0 Å². The predicted octanol–water partition coefficient (Wildman–Crippen LogP) is 1.08. The maximum absolute atomic E-state index is 4.38. The number of rotatable bonds is 2. The van der Waals surface area contributed by atoms with Gasteiger partial charge in [-0.2, -0.15) is 0 Å². The van der Waals surface area contributed by atoms with Crippen molar-refractivity contribution in [2.75, 3.05) is 33.2 Å². The van der Waals surface area contributed by atoms with Crippen molar-refractivity contribution in [2.45, 2.75) is 25.3 Å². The van der Waals surface area contributed by atoms with Gasteiger partial charge in [-0.3, -0.25) is 0 Å². The van der Waals surface area contributed by atoms with Crippen LogP contribution >= 0.6 is 0 Å². The molecule has 2 unspecified atom stereocenters. The standard InChI is InChI=1S/C13H22N4/c1-10-8-16(2)4-3-12(10)17-9-15-7-13(17)11-5-14-6-11/h7,9-12,14H,3-6,8H2,1-2H3. The topological polar surface area (TPSA) is 33.1 Å². The normalized spacial score (nSPS) is 31.4. The van der Waals surface area contributed by atoms with Gasteiger partial charge in [-0.05, 0) is 25.9 Å². The van der Waals surface area contributed by atoms with Crippen LogP contribution in [-0.2, 0) is 0 Å². The Morgan fingerprint density at radius 2 is 2.24 bits per heavy atom. The first-order chi connectivity index (χ1) is 8.25. The highest BCUT2D eigenvalue weighted by molar-refractivity contribution is 5.13. The molecule has 1 aromatic heterocycles. The Morgan fingerprint density at radius 1 is 1.41 bits per heavy atom. The second-order valence-corrected chi connectivity index (χ2v) is 5.68. The third kappa shape index (κ3) is 2.00. The van der Waals surface area contributed by atoms with E-state index in [9.17, 15) is 0 Å². The van der Waals surface area contributed by atoms with Crippen LogP contribution in [0.2, 0.25) is 0 Å². The van der Waals surface area contributed by atoms with Crippen molar-refractivity contribution < 1.29 is 0 Å². The number of imidazole rings is 1. The van der Waals surface area contributed by atoms with Gasteiger partial charge in [0.05, 0.1) is 6.33 Å². The lowest BCUT2D eigenvalue weighted by Crippen LogP contribution is -2.43. The molecule has 2 atom stereocenters. The zero-order chi connectivity index (χ0) is 11.8. The Morgan fingerprint density at radius 3 is 2.88 bits per heavy atom. The zero-order valence-electron chi connectivity index (χ0n) is 10.8. The summed E-state index contributed by atoms with van der Waals surface area (Å²) in [4.78, 5) is 6.81. The number of aromatic nitrogens is 2. The fourth-order valence-electron chi connectivity index (χ4n) is 3.16. The van der Waals surface area contributed by atoms with Crippen molar-refractivity contribution in [3.63, 3.8) is 0 Å². The van der Waals surface area contributed by atoms with Crippen LogP contribution in [0.15, 0.2) is 12.5 Å². The zero-order valence-corrected chi connectivity index (χ0v) is 10.8. The van der Waals surface area contributed by atoms with Crippen LogP contribution in [0.4, 0.5) is 0 Å². The predicted molar refractivity (Wildman–Crippen MR) is 68.2 cm³/mol. The van der Waals surface area contributed by atoms with Crippen molar-refractivity contribution in [1.82, 2.24) is 19.8 Å². The van der Waals surface area contributed by atoms with Gasteiger partial charge in [-0.1, -0.05) is 6.92 Å². The lowest BCUT2D eigenvalue weighted by Gasteiger charge is -2.38. The summed E-state index contributed by atoms with van der Waals surface area (Å²) >= 11 is 0. The molecule has 3 heterocycles. The highest BCUT2D eigenvalue weighted by Crippen LogP contribution is 2.31. The minimum Gasteiger partial charge on any atom is -0.331 e. The van der Waals surface area contributed by atoms with Crippen LogP contribution in [-0.4, -0.2) is 47.7 Å². The van der Waals surface area contributed by atoms with Gasteiger partial charge in [0.15, 0.2) is 0 Å². The molecule has 0 amide bonds. The molecular formula is C13H22N4. The summed E-state index contributed by atoms with van der Waals surface area (Å²) in [5, 5.41) is 3.35. The van der Waals surface area contributed by atoms with Gasteiger partial charge in [0.1, 0.15) is 0 Å². The Kier molecular flexibility index (Phi) is 2.92. The van der Waals surface area contributed by atoms with Crippen LogP contribution in [0.5, 0.6) is 0 Å². The second kappa shape index (κ2) is 4.42. The summed E-state index contributed by atoms with van der Waals surface area (Å²) in [5.41, 5.74) is 1.44. The van der Waals surface area contributed by atoms with Crippen LogP contribution in [0.25, 0.3) is 0 Å². The Labute approximate surface area is 103 Å². The summed E-state index contributed by atoms with van der Waals surface area (Å²) < 4.78 is 2.45. The lowest BCUT2D eigenvalue weighted by atomic mass is 9.92. The molecule has 0 saturated carbocycles. The second-order valence-electron chi connectivity index (χ2n) is 5.68. The average Bonchev–Trinajstić information content (AvgIpc) is 2.64. The maximum atomic E-state index is 4.38. The molecule has 4 nitrogen and oxygen atoms in total. The van der Waals surface area contributed by atoms with E-state index in [4.69, 9.17) is 0 Å². The van der Waals surface area contributed by atoms with E-state index in [2.05, 4.69) is 39.9 Å². The molecule has 2 saturated heterocycles. The van der Waals surface area contributed by atoms with Crippen molar-refractivity contribution in [2.24, 2.45) is 5.92 Å². The highest BCUT2D eigenvalue weighted by atomic mass is 15.2. The molecule has 0 aromatic carbocycles. The first-order valence-electron chi connectivity index (χ1n) is 6.66. The number of nitrogens with one attached hydrogen (secondary N) is 1. The molecule has 0 aliphatic carbocycles. The fraction of sp³-hybridized carbons (Fsp3) is 0.769. The van der Waals surface area contributed by atoms with Gasteiger partial charge < -0.3 is 14.8 Å². The largest absolute Gasteiger partial charge is 0.331 e. The Balaban J connectivity index is 1.81. The summed E-state index contributed by atoms with van der Waals surface area (Å²) in [7, 11) is 2.22. The number of hydrogen-bond donors (Lipinski definition) is 1. The van der Waals surface area contributed by atoms with Gasteiger partial charge in [-0.25, -0.2) is 4.98 Å². The van der Waals surface area contributed by atoms with Gasteiger partial charge in [0.2, 0.25) is 0 Å². The van der Waals surface area contributed by atoms with Gasteiger partial charge in [0, 0.05) is 43.5 Å². The number of piperidine rings is 1. The van der Waals surface area contributed by atoms with Gasteiger partial charge in [-0.15, -0.1) is 0 Å². The number of nitrogens with zero attached hydrogens (tertiary/aromatic N) is 3. The summed E-state index contributed by atoms with van der Waals surface area (Å²) in [6, 6.07) is 0.643. The van der Waals surface area contributed by atoms with E-state index in [1.54, 1.807) is 0 Å². The van der Waals surface area contributed by atoms with E-state index in [0.29, 0.717) is 12.0 Å². The fourth-order valence-corrected chi connectivity index (χ4v) is 3.16. The maximum Gasteiger partial charge on any atom is 0.0951 e. The SMILES string of the molecule is CC1CN(C)CCC1n1cncc1C1CNC1. The summed E-state index contributed by atoms with van der Waals surface area (Å²) in [6.45, 7) is 7.00. The lowest BCUT2D eigenvalue weighted by molar-refractivity contribution is 0.155. The molecule has 2 fully saturated rings. The van der Waals surface area contributed by atoms with Crippen LogP contribution in [0, 0.1) is 5.92 Å². The molecule has 3 rings (SSSR count). The third-order valence-electron chi connectivity index (χ3n) is 4.32. The molecule has 2 aliphatic rings. The quantitative estimate of drug-likeness (QED) is 0.831. The molecule has 2 aliphatic heterocycles. The monoisotopic (exact) mass is 234 g/mol. The average molecular weight is 234 g/mol. The molecular weight excluding hydrogens is 212 g/mol. The van der Waals surface area contributed by atoms with Gasteiger partial charge in [0.25, 0.3) is 0 Å². The molecule has 1 N–H and O–H groups in total. The van der Waals surface area contributed by atoms with E-state index >= 15 is 0 Å². The van der Waals surface area contributed by atoms with Crippen molar-refractivity contribution in [3.8, 4) is 0 Å². The third-order valence-corrected chi connectivity index (χ3v) is 4.32. The van der Waals surface area contributed by atoms with E-state index in [-0.39, 0.29) is 0 Å². The Hall–Kier alpha value is -0.870. The minimum absolute atomic E-state index is 0.643. The molecule has 0 bridgehead atoms. The molecule has 0 spiro atoms. The van der Waals surface area contributed by atoms with Crippen LogP contribution in [0.3, 0.4) is 0 Å². The van der Waals surface area contributed by atoms with Crippen LogP contribution in [0.1, 0.15) is 31.0 Å². The molecule has 1 aromatic rings. The first-order valence-corrected chi connectivity index (χ1v) is 6.66. The Bertz CT molecular complexity index is 383. The van der Waals surface area contributed by atoms with Gasteiger partial charge >= 0.3 is 0 Å². The molecule has 94 valence electrons. The van der Waals surface area contributed by atoms with Crippen molar-refractivity contribution in [3.05, 3.63) is 18.2 Å². The van der Waals surface area contributed by atoms with E-state index in [1.807, 2.05) is 6.33 Å². The number of hydrogen-bond acceptors (Lipinski definition) is 3. The summed E-state index contributed by atoms with van der Waals surface area (Å²) in [6.07, 6.45) is 5.36. The molecule has 0 radical (unpaired) electrons. The molecule has 4 heteroatoms. The highest BCUT2D eigenvalue weighted by Gasteiger charge is 2.30. The van der Waals surface area contributed by atoms with Crippen LogP contribution < -0.4 is 5.32 Å². The van der Waals surface area contributed by atoms with E-state index in [1.165, 1.54) is 25.2 Å². The van der Waals surface area contributed by atoms with Crippen molar-refractivity contribution in [1.29, 1.82) is 0 Å². The molecule has 17 heavy (non-hydrogen) atoms. The van der Waals surface area contributed by atoms with E-state index < -0.39 is 0 Å². The summed E-state index contributed by atoms with van der Waals surface area (Å²) in [5.74, 6) is 1.40. The first kappa shape index (κ1) is 11.2. The smallest absolute Gasteiger partial charge is 0.0951 e.